The van der Waals surface area contributed by atoms with Gasteiger partial charge in [-0.25, -0.2) is 4.98 Å². The van der Waals surface area contributed by atoms with Crippen molar-refractivity contribution in [1.82, 2.24) is 14.9 Å². The number of nitrogens with one attached hydrogen (secondary N) is 1. The maximum Gasteiger partial charge on any atom is 0.417 e. The Morgan fingerprint density at radius 2 is 1.81 bits per heavy atom. The molecule has 1 fully saturated rings. The van der Waals surface area contributed by atoms with Gasteiger partial charge in [0, 0.05) is 54.5 Å². The van der Waals surface area contributed by atoms with E-state index in [2.05, 4.69) is 9.97 Å². The molecule has 0 bridgehead atoms. The Hall–Kier alpha value is -2.74. The van der Waals surface area contributed by atoms with Crippen LogP contribution in [0.1, 0.15) is 40.0 Å². The third-order valence-electron chi connectivity index (χ3n) is 6.36. The highest BCUT2D eigenvalue weighted by atomic mass is 35.5. The number of fused-ring (bicyclic) bond motifs is 3. The summed E-state index contributed by atoms with van der Waals surface area (Å²) in [6.45, 7) is 1.79. The van der Waals surface area contributed by atoms with Gasteiger partial charge in [0.15, 0.2) is 0 Å². The largest absolute Gasteiger partial charge is 0.417 e. The summed E-state index contributed by atoms with van der Waals surface area (Å²) in [4.78, 5) is 24.1. The molecule has 9 heteroatoms. The van der Waals surface area contributed by atoms with Crippen LogP contribution < -0.4 is 4.90 Å². The van der Waals surface area contributed by atoms with Gasteiger partial charge in [0.2, 0.25) is 0 Å². The number of carbonyl (C=O) groups is 1. The lowest BCUT2D eigenvalue weighted by molar-refractivity contribution is -0.137. The lowest BCUT2D eigenvalue weighted by Crippen LogP contribution is -2.49. The van der Waals surface area contributed by atoms with Gasteiger partial charge in [0.05, 0.1) is 10.6 Å². The maximum absolute atomic E-state index is 13.1. The van der Waals surface area contributed by atoms with E-state index in [0.29, 0.717) is 37.6 Å². The summed E-state index contributed by atoms with van der Waals surface area (Å²) in [7, 11) is 0. The average molecular weight is 463 g/mol. The molecular weight excluding hydrogens is 441 g/mol. The van der Waals surface area contributed by atoms with Gasteiger partial charge < -0.3 is 14.8 Å². The van der Waals surface area contributed by atoms with E-state index < -0.39 is 11.7 Å². The predicted molar refractivity (Wildman–Crippen MR) is 117 cm³/mol. The van der Waals surface area contributed by atoms with Crippen molar-refractivity contribution in [3.8, 4) is 0 Å². The normalized spacial score (nSPS) is 17.0. The number of aromatic nitrogens is 2. The summed E-state index contributed by atoms with van der Waals surface area (Å²) < 4.78 is 38.6. The Morgan fingerprint density at radius 3 is 2.53 bits per heavy atom. The van der Waals surface area contributed by atoms with Gasteiger partial charge >= 0.3 is 6.18 Å². The number of nitrogens with zero attached hydrogens (tertiary/aromatic N) is 3. The van der Waals surface area contributed by atoms with Crippen LogP contribution in [0.25, 0.3) is 10.9 Å². The first-order valence-corrected chi connectivity index (χ1v) is 11.1. The molecule has 2 aromatic heterocycles. The van der Waals surface area contributed by atoms with E-state index in [1.54, 1.807) is 4.90 Å². The summed E-state index contributed by atoms with van der Waals surface area (Å²) in [5, 5.41) is 1.09. The minimum Gasteiger partial charge on any atom is -0.358 e. The second kappa shape index (κ2) is 7.99. The fourth-order valence-corrected chi connectivity index (χ4v) is 4.95. The van der Waals surface area contributed by atoms with Crippen molar-refractivity contribution in [3.63, 3.8) is 0 Å². The molecule has 0 spiro atoms. The van der Waals surface area contributed by atoms with Crippen LogP contribution >= 0.6 is 11.6 Å². The molecule has 0 atom stereocenters. The zero-order valence-electron chi connectivity index (χ0n) is 17.3. The first kappa shape index (κ1) is 21.1. The SMILES string of the molecule is O=C(c1ccc2[nH]c3c(c2c1)CCCC3)N1CCN(c2ncc(C(F)(F)F)cc2Cl)CC1. The number of aryl methyl sites for hydroxylation is 2. The van der Waals surface area contributed by atoms with Crippen LogP contribution in [0.2, 0.25) is 5.02 Å². The number of anilines is 1. The molecule has 1 saturated heterocycles. The Balaban J connectivity index is 1.30. The quantitative estimate of drug-likeness (QED) is 0.578. The number of pyridine rings is 1. The number of aromatic amines is 1. The molecule has 5 rings (SSSR count). The topological polar surface area (TPSA) is 52.2 Å². The molecule has 1 aliphatic heterocycles. The summed E-state index contributed by atoms with van der Waals surface area (Å²) in [6, 6.07) is 6.71. The van der Waals surface area contributed by atoms with Crippen LogP contribution in [-0.2, 0) is 19.0 Å². The summed E-state index contributed by atoms with van der Waals surface area (Å²) >= 11 is 6.08. The van der Waals surface area contributed by atoms with Gasteiger partial charge in [0.25, 0.3) is 5.91 Å². The van der Waals surface area contributed by atoms with Crippen molar-refractivity contribution in [3.05, 3.63) is 57.9 Å². The molecule has 3 aromatic rings. The molecule has 0 radical (unpaired) electrons. The lowest BCUT2D eigenvalue weighted by Gasteiger charge is -2.36. The molecule has 3 heterocycles. The third-order valence-corrected chi connectivity index (χ3v) is 6.64. The van der Waals surface area contributed by atoms with E-state index in [-0.39, 0.29) is 10.9 Å². The lowest BCUT2D eigenvalue weighted by atomic mass is 9.95. The molecule has 168 valence electrons. The molecule has 5 nitrogen and oxygen atoms in total. The highest BCUT2D eigenvalue weighted by Crippen LogP contribution is 2.34. The number of benzene rings is 1. The first-order valence-electron chi connectivity index (χ1n) is 10.7. The Morgan fingerprint density at radius 1 is 1.06 bits per heavy atom. The fourth-order valence-electron chi connectivity index (χ4n) is 4.66. The average Bonchev–Trinajstić information content (AvgIpc) is 3.16. The minimum absolute atomic E-state index is 0.0382. The second-order valence-electron chi connectivity index (χ2n) is 8.36. The Kier molecular flexibility index (Phi) is 5.28. The minimum atomic E-state index is -4.49. The number of carbonyl (C=O) groups excluding carboxylic acids is 1. The number of hydrogen-bond acceptors (Lipinski definition) is 3. The van der Waals surface area contributed by atoms with Crippen molar-refractivity contribution in [1.29, 1.82) is 0 Å². The zero-order valence-corrected chi connectivity index (χ0v) is 18.1. The molecule has 1 amide bonds. The Labute approximate surface area is 188 Å². The third kappa shape index (κ3) is 3.81. The van der Waals surface area contributed by atoms with E-state index in [0.717, 1.165) is 36.0 Å². The smallest absolute Gasteiger partial charge is 0.358 e. The van der Waals surface area contributed by atoms with Crippen molar-refractivity contribution >= 4 is 34.2 Å². The van der Waals surface area contributed by atoms with E-state index in [1.165, 1.54) is 24.1 Å². The second-order valence-corrected chi connectivity index (χ2v) is 8.76. The monoisotopic (exact) mass is 462 g/mol. The summed E-state index contributed by atoms with van der Waals surface area (Å²) in [5.41, 5.74) is 3.46. The van der Waals surface area contributed by atoms with Gasteiger partial charge in [-0.3, -0.25) is 4.79 Å². The number of hydrogen-bond donors (Lipinski definition) is 1. The number of piperazine rings is 1. The van der Waals surface area contributed by atoms with Crippen molar-refractivity contribution < 1.29 is 18.0 Å². The number of amides is 1. The summed E-state index contributed by atoms with van der Waals surface area (Å²) in [5.74, 6) is 0.274. The van der Waals surface area contributed by atoms with Gasteiger partial charge in [-0.2, -0.15) is 13.2 Å². The highest BCUT2D eigenvalue weighted by Gasteiger charge is 2.32. The molecule has 1 aliphatic carbocycles. The van der Waals surface area contributed by atoms with Crippen LogP contribution in [0.4, 0.5) is 19.0 Å². The van der Waals surface area contributed by atoms with Crippen molar-refractivity contribution in [2.75, 3.05) is 31.1 Å². The summed E-state index contributed by atoms with van der Waals surface area (Å²) in [6.07, 6.45) is 0.752. The van der Waals surface area contributed by atoms with E-state index >= 15 is 0 Å². The van der Waals surface area contributed by atoms with Crippen molar-refractivity contribution in [2.45, 2.75) is 31.9 Å². The van der Waals surface area contributed by atoms with E-state index in [4.69, 9.17) is 11.6 Å². The predicted octanol–water partition coefficient (Wildman–Crippen LogP) is 5.08. The maximum atomic E-state index is 13.1. The number of halogens is 4. The van der Waals surface area contributed by atoms with Gasteiger partial charge in [-0.1, -0.05) is 11.6 Å². The number of H-pyrrole nitrogens is 1. The van der Waals surface area contributed by atoms with Gasteiger partial charge in [0.1, 0.15) is 5.82 Å². The van der Waals surface area contributed by atoms with Crippen LogP contribution in [0.15, 0.2) is 30.5 Å². The first-order chi connectivity index (χ1) is 15.3. The van der Waals surface area contributed by atoms with Gasteiger partial charge in [-0.15, -0.1) is 0 Å². The highest BCUT2D eigenvalue weighted by molar-refractivity contribution is 6.33. The molecule has 0 saturated carbocycles. The number of alkyl halides is 3. The van der Waals surface area contributed by atoms with E-state index in [1.807, 2.05) is 23.1 Å². The zero-order chi connectivity index (χ0) is 22.5. The van der Waals surface area contributed by atoms with Crippen LogP contribution in [0.3, 0.4) is 0 Å². The van der Waals surface area contributed by atoms with Crippen LogP contribution in [0, 0.1) is 0 Å². The molecule has 0 unspecified atom stereocenters. The molecule has 32 heavy (non-hydrogen) atoms. The van der Waals surface area contributed by atoms with Crippen LogP contribution in [0.5, 0.6) is 0 Å². The van der Waals surface area contributed by atoms with E-state index in [9.17, 15) is 18.0 Å². The van der Waals surface area contributed by atoms with Gasteiger partial charge in [-0.05, 0) is 55.5 Å². The molecular formula is C23H22ClF3N4O. The molecule has 1 aromatic carbocycles. The van der Waals surface area contributed by atoms with Crippen molar-refractivity contribution in [2.24, 2.45) is 0 Å². The molecule has 2 aliphatic rings. The molecule has 1 N–H and O–H groups in total. The Bertz CT molecular complexity index is 1180. The van der Waals surface area contributed by atoms with Crippen LogP contribution in [-0.4, -0.2) is 47.0 Å². The number of rotatable bonds is 2. The fraction of sp³-hybridized carbons (Fsp3) is 0.391. The standard InChI is InChI=1S/C23H22ClF3N4O/c24-18-12-15(23(25,26)27)13-28-21(18)30-7-9-31(10-8-30)22(32)14-5-6-20-17(11-14)16-3-1-2-4-19(16)29-20/h5-6,11-13,29H,1-4,7-10H2.